The van der Waals surface area contributed by atoms with Crippen molar-refractivity contribution >= 4 is 40.0 Å². The summed E-state index contributed by atoms with van der Waals surface area (Å²) in [5, 5.41) is 1.87. The zero-order valence-corrected chi connectivity index (χ0v) is 25.8. The molecule has 9 nitrogen and oxygen atoms in total. The second kappa shape index (κ2) is 12.2. The van der Waals surface area contributed by atoms with Gasteiger partial charge in [0.1, 0.15) is 17.6 Å². The predicted octanol–water partition coefficient (Wildman–Crippen LogP) is 4.09. The van der Waals surface area contributed by atoms with E-state index in [1.54, 1.807) is 24.7 Å². The number of likely N-dealkylation sites (N-methyl/N-ethyl adjacent to an activating group) is 1. The number of thiazole rings is 1. The van der Waals surface area contributed by atoms with Crippen LogP contribution >= 0.6 is 11.3 Å². The Morgan fingerprint density at radius 2 is 1.88 bits per heavy atom. The average Bonchev–Trinajstić information content (AvgIpc) is 3.60. The van der Waals surface area contributed by atoms with Gasteiger partial charge in [0, 0.05) is 43.9 Å². The molecular formula is C33H36N4O5S. The molecule has 0 bridgehead atoms. The molecule has 0 aliphatic carbocycles. The fraction of sp³-hybridized carbons (Fsp3) is 0.364. The van der Waals surface area contributed by atoms with Crippen molar-refractivity contribution in [2.45, 2.75) is 32.7 Å². The monoisotopic (exact) mass is 600 g/mol. The SMILES string of the molecule is CCCC1=C(C(=O)OCC)[C@H](c2c(OC)ccc3ccccc23)n2c(s/c(=C/c3ccc(N4CCN(C)CC4)o3)c2=O)=N1. The molecule has 10 heteroatoms. The molecular weight excluding hydrogens is 564 g/mol. The van der Waals surface area contributed by atoms with Gasteiger partial charge in [0.25, 0.3) is 5.56 Å². The maximum atomic E-state index is 14.3. The lowest BCUT2D eigenvalue weighted by Crippen LogP contribution is -2.44. The summed E-state index contributed by atoms with van der Waals surface area (Å²) in [6.07, 6.45) is 3.11. The third-order valence-electron chi connectivity index (χ3n) is 8.02. The number of furan rings is 1. The summed E-state index contributed by atoms with van der Waals surface area (Å²) in [4.78, 5) is 37.9. The van der Waals surface area contributed by atoms with Crippen molar-refractivity contribution in [3.63, 3.8) is 0 Å². The van der Waals surface area contributed by atoms with Crippen LogP contribution in [0.15, 0.2) is 74.0 Å². The molecule has 4 heterocycles. The Balaban J connectivity index is 1.55. The van der Waals surface area contributed by atoms with E-state index in [1.807, 2.05) is 55.5 Å². The molecule has 0 saturated carbocycles. The van der Waals surface area contributed by atoms with Gasteiger partial charge >= 0.3 is 5.97 Å². The largest absolute Gasteiger partial charge is 0.496 e. The number of carbonyl (C=O) groups excluding carboxylic acids is 1. The van der Waals surface area contributed by atoms with Gasteiger partial charge < -0.3 is 23.7 Å². The first-order valence-corrected chi connectivity index (χ1v) is 15.6. The molecule has 2 aliphatic heterocycles. The van der Waals surface area contributed by atoms with Crippen LogP contribution < -0.4 is 24.5 Å². The quantitative estimate of drug-likeness (QED) is 0.282. The number of nitrogens with zero attached hydrogens (tertiary/aromatic N) is 4. The first-order chi connectivity index (χ1) is 20.9. The van der Waals surface area contributed by atoms with Gasteiger partial charge in [0.15, 0.2) is 10.7 Å². The minimum absolute atomic E-state index is 0.208. The highest BCUT2D eigenvalue weighted by Crippen LogP contribution is 2.41. The molecule has 1 saturated heterocycles. The standard InChI is InChI=1S/C33H36N4O5S/c1-5-9-24-29(32(39)41-6-2)30(28-23-11-8-7-10-21(23)12-14-25(28)40-4)37-31(38)26(43-33(37)34-24)20-22-13-15-27(42-22)36-18-16-35(3)17-19-36/h7-8,10-15,20,30H,5-6,9,16-19H2,1-4H3/b26-20+/t30-/m0/s1. The molecule has 0 spiro atoms. The summed E-state index contributed by atoms with van der Waals surface area (Å²) in [5.41, 5.74) is 1.48. The Morgan fingerprint density at radius 1 is 1.09 bits per heavy atom. The van der Waals surface area contributed by atoms with E-state index in [0.717, 1.165) is 54.8 Å². The van der Waals surface area contributed by atoms with Gasteiger partial charge in [-0.25, -0.2) is 9.79 Å². The number of rotatable bonds is 8. The molecule has 6 rings (SSSR count). The van der Waals surface area contributed by atoms with Crippen LogP contribution in [0.2, 0.25) is 0 Å². The minimum atomic E-state index is -0.780. The van der Waals surface area contributed by atoms with Crippen molar-refractivity contribution in [2.24, 2.45) is 4.99 Å². The number of ether oxygens (including phenoxy) is 2. The molecule has 43 heavy (non-hydrogen) atoms. The molecule has 0 radical (unpaired) electrons. The Hall–Kier alpha value is -4.15. The molecule has 2 aromatic heterocycles. The lowest BCUT2D eigenvalue weighted by molar-refractivity contribution is -0.139. The van der Waals surface area contributed by atoms with Crippen LogP contribution in [0.3, 0.4) is 0 Å². The fourth-order valence-corrected chi connectivity index (χ4v) is 6.88. The summed E-state index contributed by atoms with van der Waals surface area (Å²) in [6.45, 7) is 7.73. The number of anilines is 1. The maximum Gasteiger partial charge on any atom is 0.338 e. The van der Waals surface area contributed by atoms with Gasteiger partial charge in [-0.2, -0.15) is 0 Å². The van der Waals surface area contributed by atoms with E-state index < -0.39 is 12.0 Å². The third-order valence-corrected chi connectivity index (χ3v) is 9.00. The molecule has 4 aromatic rings. The zero-order chi connectivity index (χ0) is 30.1. The van der Waals surface area contributed by atoms with Crippen LogP contribution in [0.5, 0.6) is 5.75 Å². The van der Waals surface area contributed by atoms with E-state index >= 15 is 0 Å². The van der Waals surface area contributed by atoms with Crippen LogP contribution in [0.25, 0.3) is 16.8 Å². The topological polar surface area (TPSA) is 89.5 Å². The van der Waals surface area contributed by atoms with E-state index in [0.29, 0.717) is 38.5 Å². The number of hydrogen-bond donors (Lipinski definition) is 0. The Bertz CT molecular complexity index is 1880. The smallest absolute Gasteiger partial charge is 0.338 e. The summed E-state index contributed by atoms with van der Waals surface area (Å²) >= 11 is 1.30. The van der Waals surface area contributed by atoms with Gasteiger partial charge in [-0.1, -0.05) is 55.0 Å². The Labute approximate surface area is 254 Å². The number of aromatic nitrogens is 1. The van der Waals surface area contributed by atoms with E-state index in [9.17, 15) is 9.59 Å². The number of piperazine rings is 1. The van der Waals surface area contributed by atoms with Gasteiger partial charge in [-0.3, -0.25) is 9.36 Å². The van der Waals surface area contributed by atoms with Crippen molar-refractivity contribution in [1.82, 2.24) is 9.47 Å². The lowest BCUT2D eigenvalue weighted by Gasteiger charge is -2.32. The number of carbonyl (C=O) groups is 1. The Kier molecular flexibility index (Phi) is 8.23. The number of fused-ring (bicyclic) bond motifs is 2. The van der Waals surface area contributed by atoms with Crippen molar-refractivity contribution in [3.8, 4) is 5.75 Å². The van der Waals surface area contributed by atoms with Crippen molar-refractivity contribution in [1.29, 1.82) is 0 Å². The first-order valence-electron chi connectivity index (χ1n) is 14.7. The summed E-state index contributed by atoms with van der Waals surface area (Å²) in [5.74, 6) is 1.49. The number of methoxy groups -OCH3 is 1. The lowest BCUT2D eigenvalue weighted by atomic mass is 9.90. The number of esters is 1. The number of benzene rings is 2. The highest BCUT2D eigenvalue weighted by atomic mass is 32.1. The second-order valence-corrected chi connectivity index (χ2v) is 11.8. The predicted molar refractivity (Wildman–Crippen MR) is 169 cm³/mol. The van der Waals surface area contributed by atoms with Crippen molar-refractivity contribution < 1.29 is 18.7 Å². The molecule has 0 N–H and O–H groups in total. The van der Waals surface area contributed by atoms with Crippen LogP contribution in [0.1, 0.15) is 44.1 Å². The van der Waals surface area contributed by atoms with Crippen LogP contribution in [0, 0.1) is 0 Å². The highest BCUT2D eigenvalue weighted by Gasteiger charge is 2.37. The second-order valence-electron chi connectivity index (χ2n) is 10.8. The van der Waals surface area contributed by atoms with Crippen LogP contribution in [-0.2, 0) is 9.53 Å². The van der Waals surface area contributed by atoms with Gasteiger partial charge in [0.05, 0.1) is 29.5 Å². The number of hydrogen-bond acceptors (Lipinski definition) is 9. The fourth-order valence-electron chi connectivity index (χ4n) is 5.88. The minimum Gasteiger partial charge on any atom is -0.496 e. The normalized spacial score (nSPS) is 17.7. The van der Waals surface area contributed by atoms with Crippen molar-refractivity contribution in [3.05, 3.63) is 90.8 Å². The molecule has 0 amide bonds. The molecule has 1 fully saturated rings. The highest BCUT2D eigenvalue weighted by molar-refractivity contribution is 7.07. The van der Waals surface area contributed by atoms with Crippen LogP contribution in [-0.4, -0.2) is 62.4 Å². The van der Waals surface area contributed by atoms with E-state index in [4.69, 9.17) is 18.9 Å². The Morgan fingerprint density at radius 3 is 2.63 bits per heavy atom. The molecule has 224 valence electrons. The molecule has 2 aliphatic rings. The first kappa shape index (κ1) is 28.9. The van der Waals surface area contributed by atoms with E-state index in [1.165, 1.54) is 11.3 Å². The van der Waals surface area contributed by atoms with Gasteiger partial charge in [-0.15, -0.1) is 0 Å². The molecule has 0 unspecified atom stereocenters. The maximum absolute atomic E-state index is 14.3. The third kappa shape index (κ3) is 5.41. The van der Waals surface area contributed by atoms with E-state index in [2.05, 4.69) is 16.8 Å². The van der Waals surface area contributed by atoms with Gasteiger partial charge in [0.2, 0.25) is 0 Å². The van der Waals surface area contributed by atoms with Gasteiger partial charge in [-0.05, 0) is 43.3 Å². The van der Waals surface area contributed by atoms with Crippen molar-refractivity contribution in [2.75, 3.05) is 51.8 Å². The number of allylic oxidation sites excluding steroid dienone is 1. The van der Waals surface area contributed by atoms with E-state index in [-0.39, 0.29) is 12.2 Å². The van der Waals surface area contributed by atoms with Crippen LogP contribution in [0.4, 0.5) is 5.88 Å². The molecule has 2 aromatic carbocycles. The summed E-state index contributed by atoms with van der Waals surface area (Å²) in [7, 11) is 3.72. The summed E-state index contributed by atoms with van der Waals surface area (Å²) < 4.78 is 19.7. The zero-order valence-electron chi connectivity index (χ0n) is 25.0. The molecule has 1 atom stereocenters. The average molecular weight is 601 g/mol. The summed E-state index contributed by atoms with van der Waals surface area (Å²) in [6, 6.07) is 14.9.